The second-order valence-corrected chi connectivity index (χ2v) is 8.34. The van der Waals surface area contributed by atoms with E-state index in [-0.39, 0.29) is 16.4 Å². The molecule has 152 valence electrons. The first-order valence-electron chi connectivity index (χ1n) is 9.26. The molecular formula is C19H21ClN6O2S. The predicted molar refractivity (Wildman–Crippen MR) is 114 cm³/mol. The number of methoxy groups -OCH3 is 1. The third-order valence-corrected chi connectivity index (χ3v) is 6.13. The molecule has 8 nitrogen and oxygen atoms in total. The molecule has 1 aliphatic rings. The number of H-pyrrole nitrogens is 1. The molecular weight excluding hydrogens is 412 g/mol. The third kappa shape index (κ3) is 4.25. The van der Waals surface area contributed by atoms with Gasteiger partial charge in [0.2, 0.25) is 11.2 Å². The molecule has 0 bridgehead atoms. The highest BCUT2D eigenvalue weighted by Gasteiger charge is 2.27. The van der Waals surface area contributed by atoms with Crippen LogP contribution in [0, 0.1) is 0 Å². The molecule has 1 aliphatic heterocycles. The van der Waals surface area contributed by atoms with Gasteiger partial charge in [0.25, 0.3) is 0 Å². The average Bonchev–Trinajstić information content (AvgIpc) is 3.22. The Kier molecular flexibility index (Phi) is 5.77. The van der Waals surface area contributed by atoms with Gasteiger partial charge in [-0.15, -0.1) is 0 Å². The summed E-state index contributed by atoms with van der Waals surface area (Å²) >= 11 is 7.36. The number of nitrogens with zero attached hydrogens (tertiary/aromatic N) is 5. The van der Waals surface area contributed by atoms with E-state index in [2.05, 4.69) is 24.8 Å². The van der Waals surface area contributed by atoms with Gasteiger partial charge in [-0.05, 0) is 42.8 Å². The van der Waals surface area contributed by atoms with Crippen molar-refractivity contribution in [2.45, 2.75) is 17.2 Å². The summed E-state index contributed by atoms with van der Waals surface area (Å²) in [6.45, 7) is 4.83. The van der Waals surface area contributed by atoms with E-state index in [0.29, 0.717) is 29.3 Å². The van der Waals surface area contributed by atoms with Gasteiger partial charge in [0.05, 0.1) is 18.7 Å². The number of halogens is 1. The number of thioether (sulfide) groups is 1. The van der Waals surface area contributed by atoms with Crippen LogP contribution in [0.1, 0.15) is 6.92 Å². The Hall–Kier alpha value is -2.52. The highest BCUT2D eigenvalue weighted by Crippen LogP contribution is 2.29. The highest BCUT2D eigenvalue weighted by molar-refractivity contribution is 8.00. The summed E-state index contributed by atoms with van der Waals surface area (Å²) in [6.07, 6.45) is 1.55. The van der Waals surface area contributed by atoms with Gasteiger partial charge in [-0.25, -0.2) is 9.97 Å². The number of fused-ring (bicyclic) bond motifs is 1. The van der Waals surface area contributed by atoms with Gasteiger partial charge < -0.3 is 19.5 Å². The van der Waals surface area contributed by atoms with Gasteiger partial charge in [-0.1, -0.05) is 11.8 Å². The monoisotopic (exact) mass is 432 g/mol. The van der Waals surface area contributed by atoms with E-state index in [1.807, 2.05) is 36.1 Å². The lowest BCUT2D eigenvalue weighted by molar-refractivity contribution is -0.130. The Morgan fingerprint density at radius 1 is 1.21 bits per heavy atom. The first-order valence-corrected chi connectivity index (χ1v) is 10.5. The van der Waals surface area contributed by atoms with Crippen molar-refractivity contribution in [2.24, 2.45) is 0 Å². The van der Waals surface area contributed by atoms with Gasteiger partial charge in [0.15, 0.2) is 5.65 Å². The van der Waals surface area contributed by atoms with Crippen LogP contribution < -0.4 is 9.64 Å². The second kappa shape index (κ2) is 8.46. The Morgan fingerprint density at radius 2 is 1.93 bits per heavy atom. The number of aromatic nitrogens is 4. The highest BCUT2D eigenvalue weighted by atomic mass is 35.5. The fraction of sp³-hybridized carbons (Fsp3) is 0.368. The molecule has 10 heteroatoms. The molecule has 29 heavy (non-hydrogen) atoms. The van der Waals surface area contributed by atoms with Crippen molar-refractivity contribution >= 4 is 46.1 Å². The number of amides is 1. The minimum absolute atomic E-state index is 0.0896. The number of nitrogens with one attached hydrogen (secondary N) is 1. The van der Waals surface area contributed by atoms with Crippen LogP contribution in [0.5, 0.6) is 5.75 Å². The molecule has 1 fully saturated rings. The first-order chi connectivity index (χ1) is 14.0. The Morgan fingerprint density at radius 3 is 2.62 bits per heavy atom. The van der Waals surface area contributed by atoms with E-state index >= 15 is 0 Å². The summed E-state index contributed by atoms with van der Waals surface area (Å²) in [5, 5.41) is 0.468. The topological polar surface area (TPSA) is 87.2 Å². The quantitative estimate of drug-likeness (QED) is 0.377. The number of hydrogen-bond donors (Lipinski definition) is 1. The first kappa shape index (κ1) is 19.8. The molecule has 0 unspecified atom stereocenters. The summed E-state index contributed by atoms with van der Waals surface area (Å²) < 4.78 is 5.21. The maximum atomic E-state index is 13.0. The Balaban J connectivity index is 1.38. The molecule has 3 heterocycles. The standard InChI is InChI=1S/C19H21ClN6O2S/c1-12(29-17-15-16(22-11-21-15)23-19(20)24-17)18(27)26-9-7-25(8-10-26)13-3-5-14(28-2)6-4-13/h3-6,11-12H,7-10H2,1-2H3,(H,21,22,23,24)/t12-/m0/s1. The summed E-state index contributed by atoms with van der Waals surface area (Å²) in [5.41, 5.74) is 2.33. The van der Waals surface area contributed by atoms with Crippen LogP contribution in [0.3, 0.4) is 0 Å². The van der Waals surface area contributed by atoms with E-state index in [1.54, 1.807) is 13.4 Å². The molecule has 0 spiro atoms. The minimum Gasteiger partial charge on any atom is -0.497 e. The molecule has 1 aromatic carbocycles. The molecule has 3 aromatic rings. The summed E-state index contributed by atoms with van der Waals surface area (Å²) in [4.78, 5) is 32.6. The molecule has 0 aliphatic carbocycles. The number of benzene rings is 1. The van der Waals surface area contributed by atoms with Crippen LogP contribution in [-0.4, -0.2) is 69.3 Å². The van der Waals surface area contributed by atoms with Crippen molar-refractivity contribution in [1.29, 1.82) is 0 Å². The van der Waals surface area contributed by atoms with E-state index in [9.17, 15) is 4.79 Å². The number of piperazine rings is 1. The van der Waals surface area contributed by atoms with E-state index in [4.69, 9.17) is 16.3 Å². The zero-order chi connectivity index (χ0) is 20.4. The second-order valence-electron chi connectivity index (χ2n) is 6.67. The molecule has 1 N–H and O–H groups in total. The number of anilines is 1. The Bertz CT molecular complexity index is 1000. The lowest BCUT2D eigenvalue weighted by Crippen LogP contribution is -2.50. The number of aromatic amines is 1. The van der Waals surface area contributed by atoms with Crippen molar-refractivity contribution < 1.29 is 9.53 Å². The van der Waals surface area contributed by atoms with Gasteiger partial charge in [0, 0.05) is 31.9 Å². The Labute approximate surface area is 177 Å². The number of carbonyl (C=O) groups is 1. The molecule has 0 radical (unpaired) electrons. The van der Waals surface area contributed by atoms with Crippen LogP contribution in [0.15, 0.2) is 35.6 Å². The van der Waals surface area contributed by atoms with Crippen LogP contribution in [0.4, 0.5) is 5.69 Å². The smallest absolute Gasteiger partial charge is 0.235 e. The lowest BCUT2D eigenvalue weighted by Gasteiger charge is -2.37. The molecule has 2 aromatic heterocycles. The van der Waals surface area contributed by atoms with Crippen molar-refractivity contribution in [3.8, 4) is 5.75 Å². The molecule has 4 rings (SSSR count). The summed E-state index contributed by atoms with van der Waals surface area (Å²) in [7, 11) is 1.66. The molecule has 1 saturated heterocycles. The van der Waals surface area contributed by atoms with Gasteiger partial charge in [-0.2, -0.15) is 4.98 Å². The number of hydrogen-bond acceptors (Lipinski definition) is 7. The zero-order valence-corrected chi connectivity index (χ0v) is 17.7. The third-order valence-electron chi connectivity index (χ3n) is 4.89. The average molecular weight is 433 g/mol. The van der Waals surface area contributed by atoms with Gasteiger partial charge in [0.1, 0.15) is 16.3 Å². The van der Waals surface area contributed by atoms with Crippen LogP contribution in [-0.2, 0) is 4.79 Å². The van der Waals surface area contributed by atoms with Gasteiger partial charge in [-0.3, -0.25) is 4.79 Å². The summed E-state index contributed by atoms with van der Waals surface area (Å²) in [6, 6.07) is 8.00. The van der Waals surface area contributed by atoms with Crippen molar-refractivity contribution in [3.63, 3.8) is 0 Å². The largest absolute Gasteiger partial charge is 0.497 e. The fourth-order valence-corrected chi connectivity index (χ4v) is 4.53. The number of rotatable bonds is 5. The van der Waals surface area contributed by atoms with Gasteiger partial charge >= 0.3 is 0 Å². The molecule has 1 amide bonds. The zero-order valence-electron chi connectivity index (χ0n) is 16.1. The summed E-state index contributed by atoms with van der Waals surface area (Å²) in [5.74, 6) is 0.927. The maximum Gasteiger partial charge on any atom is 0.235 e. The van der Waals surface area contributed by atoms with Crippen LogP contribution in [0.25, 0.3) is 11.2 Å². The maximum absolute atomic E-state index is 13.0. The SMILES string of the molecule is COc1ccc(N2CCN(C(=O)[C@H](C)Sc3nc(Cl)nc4nc[nH]c34)CC2)cc1. The van der Waals surface area contributed by atoms with E-state index in [1.165, 1.54) is 11.8 Å². The normalized spacial score (nSPS) is 15.6. The number of ether oxygens (including phenoxy) is 1. The number of carbonyl (C=O) groups excluding carboxylic acids is 1. The van der Waals surface area contributed by atoms with Crippen LogP contribution >= 0.6 is 23.4 Å². The van der Waals surface area contributed by atoms with Crippen molar-refractivity contribution in [3.05, 3.63) is 35.9 Å². The molecule has 1 atom stereocenters. The predicted octanol–water partition coefficient (Wildman–Crippen LogP) is 2.84. The fourth-order valence-electron chi connectivity index (χ4n) is 3.32. The van der Waals surface area contributed by atoms with Crippen molar-refractivity contribution in [1.82, 2.24) is 24.8 Å². The van der Waals surface area contributed by atoms with Crippen molar-refractivity contribution in [2.75, 3.05) is 38.2 Å². The number of imidazole rings is 1. The minimum atomic E-state index is -0.292. The lowest BCUT2D eigenvalue weighted by atomic mass is 10.2. The van der Waals surface area contributed by atoms with E-state index < -0.39 is 0 Å². The molecule has 0 saturated carbocycles. The van der Waals surface area contributed by atoms with E-state index in [0.717, 1.165) is 24.5 Å². The van der Waals surface area contributed by atoms with Crippen LogP contribution in [0.2, 0.25) is 5.28 Å².